The van der Waals surface area contributed by atoms with Crippen molar-refractivity contribution in [3.05, 3.63) is 64.1 Å². The minimum Gasteiger partial charge on any atom is -0.489 e. The molecule has 0 bridgehead atoms. The molecule has 0 aliphatic heterocycles. The van der Waals surface area contributed by atoms with E-state index in [2.05, 4.69) is 59.4 Å². The summed E-state index contributed by atoms with van der Waals surface area (Å²) in [5, 5.41) is 3.41. The summed E-state index contributed by atoms with van der Waals surface area (Å²) >= 11 is 3.54. The summed E-state index contributed by atoms with van der Waals surface area (Å²) in [5.74, 6) is 0.892. The number of hydrogen-bond donors (Lipinski definition) is 1. The first kappa shape index (κ1) is 15.1. The number of benzene rings is 2. The van der Waals surface area contributed by atoms with Crippen LogP contribution in [0, 0.1) is 0 Å². The van der Waals surface area contributed by atoms with Crippen molar-refractivity contribution in [3.63, 3.8) is 0 Å². The molecule has 2 rings (SSSR count). The highest BCUT2D eigenvalue weighted by Crippen LogP contribution is 2.22. The molecule has 2 nitrogen and oxygen atoms in total. The van der Waals surface area contributed by atoms with Crippen molar-refractivity contribution in [2.24, 2.45) is 0 Å². The first-order valence-electron chi connectivity index (χ1n) is 6.83. The second-order valence-electron chi connectivity index (χ2n) is 5.11. The van der Waals surface area contributed by atoms with Crippen molar-refractivity contribution in [1.82, 2.24) is 5.32 Å². The Hall–Kier alpha value is -1.32. The molecule has 0 aliphatic carbocycles. The van der Waals surface area contributed by atoms with E-state index in [9.17, 15) is 0 Å². The normalized spacial score (nSPS) is 10.8. The summed E-state index contributed by atoms with van der Waals surface area (Å²) in [6.07, 6.45) is 0. The van der Waals surface area contributed by atoms with E-state index in [4.69, 9.17) is 4.74 Å². The van der Waals surface area contributed by atoms with Crippen molar-refractivity contribution in [2.45, 2.75) is 33.0 Å². The molecule has 0 radical (unpaired) electrons. The van der Waals surface area contributed by atoms with E-state index in [0.717, 1.165) is 16.8 Å². The highest BCUT2D eigenvalue weighted by molar-refractivity contribution is 9.10. The monoisotopic (exact) mass is 333 g/mol. The molecule has 0 amide bonds. The molecule has 3 heteroatoms. The molecule has 0 saturated heterocycles. The molecule has 1 N–H and O–H groups in total. The van der Waals surface area contributed by atoms with E-state index in [0.29, 0.717) is 12.6 Å². The standard InChI is InChI=1S/C17H20BrNO/c1-13(2)19-11-15-8-16(18)10-17(9-15)20-12-14-6-4-3-5-7-14/h3-10,13,19H,11-12H2,1-2H3. The number of ether oxygens (including phenoxy) is 1. The van der Waals surface area contributed by atoms with Crippen LogP contribution in [0.3, 0.4) is 0 Å². The quantitative estimate of drug-likeness (QED) is 0.838. The van der Waals surface area contributed by atoms with Crippen molar-refractivity contribution in [2.75, 3.05) is 0 Å². The Morgan fingerprint density at radius 1 is 1.05 bits per heavy atom. The molecule has 0 spiro atoms. The van der Waals surface area contributed by atoms with Gasteiger partial charge in [0.1, 0.15) is 12.4 Å². The predicted molar refractivity (Wildman–Crippen MR) is 86.9 cm³/mol. The average Bonchev–Trinajstić information content (AvgIpc) is 2.44. The molecule has 0 aromatic heterocycles. The maximum atomic E-state index is 5.86. The third-order valence-electron chi connectivity index (χ3n) is 2.89. The lowest BCUT2D eigenvalue weighted by molar-refractivity contribution is 0.305. The Labute approximate surface area is 129 Å². The Bertz CT molecular complexity index is 540. The van der Waals surface area contributed by atoms with Crippen LogP contribution in [0.4, 0.5) is 0 Å². The summed E-state index contributed by atoms with van der Waals surface area (Å²) in [5.41, 5.74) is 2.39. The fourth-order valence-electron chi connectivity index (χ4n) is 1.87. The van der Waals surface area contributed by atoms with Gasteiger partial charge >= 0.3 is 0 Å². The minimum absolute atomic E-state index is 0.475. The van der Waals surface area contributed by atoms with Gasteiger partial charge in [0.05, 0.1) is 0 Å². The van der Waals surface area contributed by atoms with E-state index in [-0.39, 0.29) is 0 Å². The third kappa shape index (κ3) is 4.99. The number of hydrogen-bond acceptors (Lipinski definition) is 2. The van der Waals surface area contributed by atoms with Gasteiger partial charge in [0.15, 0.2) is 0 Å². The van der Waals surface area contributed by atoms with Gasteiger partial charge in [0, 0.05) is 17.1 Å². The SMILES string of the molecule is CC(C)NCc1cc(Br)cc(OCc2ccccc2)c1. The van der Waals surface area contributed by atoms with E-state index < -0.39 is 0 Å². The highest BCUT2D eigenvalue weighted by Gasteiger charge is 2.02. The lowest BCUT2D eigenvalue weighted by Gasteiger charge is -2.11. The lowest BCUT2D eigenvalue weighted by atomic mass is 10.2. The minimum atomic E-state index is 0.475. The third-order valence-corrected chi connectivity index (χ3v) is 3.35. The molecule has 0 heterocycles. The Morgan fingerprint density at radius 2 is 1.80 bits per heavy atom. The van der Waals surface area contributed by atoms with Gasteiger partial charge < -0.3 is 10.1 Å². The Morgan fingerprint density at radius 3 is 2.50 bits per heavy atom. The zero-order valence-electron chi connectivity index (χ0n) is 11.9. The number of halogens is 1. The highest BCUT2D eigenvalue weighted by atomic mass is 79.9. The summed E-state index contributed by atoms with van der Waals surface area (Å²) < 4.78 is 6.91. The van der Waals surface area contributed by atoms with E-state index in [1.165, 1.54) is 11.1 Å². The maximum absolute atomic E-state index is 5.86. The molecule has 0 fully saturated rings. The number of nitrogens with one attached hydrogen (secondary N) is 1. The van der Waals surface area contributed by atoms with Gasteiger partial charge in [-0.1, -0.05) is 60.1 Å². The van der Waals surface area contributed by atoms with Gasteiger partial charge in [0.2, 0.25) is 0 Å². The molecule has 0 unspecified atom stereocenters. The van der Waals surface area contributed by atoms with Crippen molar-refractivity contribution >= 4 is 15.9 Å². The molecule has 2 aromatic carbocycles. The summed E-state index contributed by atoms with van der Waals surface area (Å²) in [6, 6.07) is 16.9. The van der Waals surface area contributed by atoms with Crippen LogP contribution in [0.25, 0.3) is 0 Å². The summed E-state index contributed by atoms with van der Waals surface area (Å²) in [6.45, 7) is 5.72. The van der Waals surface area contributed by atoms with Gasteiger partial charge in [-0.3, -0.25) is 0 Å². The summed E-state index contributed by atoms with van der Waals surface area (Å²) in [7, 11) is 0. The molecular formula is C17H20BrNO. The van der Waals surface area contributed by atoms with Crippen LogP contribution in [-0.4, -0.2) is 6.04 Å². The molecule has 2 aromatic rings. The first-order valence-corrected chi connectivity index (χ1v) is 7.62. The molecule has 106 valence electrons. The molecule has 0 atom stereocenters. The van der Waals surface area contributed by atoms with Crippen molar-refractivity contribution in [1.29, 1.82) is 0 Å². The summed E-state index contributed by atoms with van der Waals surface area (Å²) in [4.78, 5) is 0. The van der Waals surface area contributed by atoms with E-state index in [1.807, 2.05) is 24.3 Å². The largest absolute Gasteiger partial charge is 0.489 e. The van der Waals surface area contributed by atoms with Crippen molar-refractivity contribution < 1.29 is 4.74 Å². The van der Waals surface area contributed by atoms with Gasteiger partial charge in [0.25, 0.3) is 0 Å². The van der Waals surface area contributed by atoms with Crippen LogP contribution in [-0.2, 0) is 13.2 Å². The smallest absolute Gasteiger partial charge is 0.121 e. The molecule has 0 aliphatic rings. The maximum Gasteiger partial charge on any atom is 0.121 e. The molecule has 0 saturated carbocycles. The first-order chi connectivity index (χ1) is 9.63. The predicted octanol–water partition coefficient (Wildman–Crippen LogP) is 4.53. The second-order valence-corrected chi connectivity index (χ2v) is 6.02. The van der Waals surface area contributed by atoms with E-state index >= 15 is 0 Å². The zero-order chi connectivity index (χ0) is 14.4. The average molecular weight is 334 g/mol. The van der Waals surface area contributed by atoms with Gasteiger partial charge in [-0.05, 0) is 29.3 Å². The Balaban J connectivity index is 2.00. The zero-order valence-corrected chi connectivity index (χ0v) is 13.5. The van der Waals surface area contributed by atoms with Gasteiger partial charge in [-0.15, -0.1) is 0 Å². The van der Waals surface area contributed by atoms with Crippen LogP contribution in [0.15, 0.2) is 53.0 Å². The lowest BCUT2D eigenvalue weighted by Crippen LogP contribution is -2.21. The number of rotatable bonds is 6. The second kappa shape index (κ2) is 7.46. The van der Waals surface area contributed by atoms with Crippen LogP contribution < -0.4 is 10.1 Å². The fourth-order valence-corrected chi connectivity index (χ4v) is 2.39. The molecular weight excluding hydrogens is 314 g/mol. The van der Waals surface area contributed by atoms with Crippen LogP contribution in [0.5, 0.6) is 5.75 Å². The fraction of sp³-hybridized carbons (Fsp3) is 0.294. The van der Waals surface area contributed by atoms with Crippen LogP contribution >= 0.6 is 15.9 Å². The van der Waals surface area contributed by atoms with Gasteiger partial charge in [-0.2, -0.15) is 0 Å². The van der Waals surface area contributed by atoms with Crippen molar-refractivity contribution in [3.8, 4) is 5.75 Å². The molecule has 20 heavy (non-hydrogen) atoms. The Kier molecular flexibility index (Phi) is 5.62. The van der Waals surface area contributed by atoms with Crippen LogP contribution in [0.2, 0.25) is 0 Å². The van der Waals surface area contributed by atoms with E-state index in [1.54, 1.807) is 0 Å². The topological polar surface area (TPSA) is 21.3 Å². The van der Waals surface area contributed by atoms with Crippen LogP contribution in [0.1, 0.15) is 25.0 Å². The van der Waals surface area contributed by atoms with Gasteiger partial charge in [-0.25, -0.2) is 0 Å².